The van der Waals surface area contributed by atoms with Gasteiger partial charge in [0.25, 0.3) is 5.91 Å². The topological polar surface area (TPSA) is 94.9 Å². The van der Waals surface area contributed by atoms with Crippen molar-refractivity contribution in [3.8, 4) is 11.5 Å². The molecule has 1 unspecified atom stereocenters. The number of aromatic hydroxyl groups is 2. The quantitative estimate of drug-likeness (QED) is 0.832. The summed E-state index contributed by atoms with van der Waals surface area (Å²) in [5.41, 5.74) is -0.256. The third-order valence-electron chi connectivity index (χ3n) is 3.07. The lowest BCUT2D eigenvalue weighted by Crippen LogP contribution is -2.49. The Morgan fingerprint density at radius 1 is 1.35 bits per heavy atom. The third-order valence-corrected chi connectivity index (χ3v) is 5.72. The molecule has 1 atom stereocenters. The lowest BCUT2D eigenvalue weighted by Gasteiger charge is -2.34. The Labute approximate surface area is 121 Å². The number of phenolic OH excluding ortho intramolecular Hbond substituents is 2. The minimum absolute atomic E-state index is 0.256. The van der Waals surface area contributed by atoms with Gasteiger partial charge < -0.3 is 15.1 Å². The molecule has 0 spiro atoms. The van der Waals surface area contributed by atoms with E-state index in [0.717, 1.165) is 6.26 Å². The van der Waals surface area contributed by atoms with Gasteiger partial charge in [-0.05, 0) is 12.1 Å². The fraction of sp³-hybridized carbons (Fsp3) is 0.417. The Kier molecular flexibility index (Phi) is 4.14. The maximum absolute atomic E-state index is 12.4. The Hall–Kier alpha value is -1.41. The average molecular weight is 317 g/mol. The summed E-state index contributed by atoms with van der Waals surface area (Å²) >= 11 is 1.46. The summed E-state index contributed by atoms with van der Waals surface area (Å²) in [7, 11) is -3.43. The van der Waals surface area contributed by atoms with Gasteiger partial charge in [0, 0.05) is 24.3 Å². The number of hydrogen-bond acceptors (Lipinski definition) is 6. The Balaban J connectivity index is 2.41. The zero-order valence-corrected chi connectivity index (χ0v) is 12.4. The first kappa shape index (κ1) is 15.0. The van der Waals surface area contributed by atoms with Crippen LogP contribution >= 0.6 is 11.8 Å². The number of thioether (sulfide) groups is 1. The van der Waals surface area contributed by atoms with Gasteiger partial charge >= 0.3 is 0 Å². The Morgan fingerprint density at radius 3 is 2.50 bits per heavy atom. The van der Waals surface area contributed by atoms with Crippen LogP contribution < -0.4 is 0 Å². The molecule has 1 aromatic rings. The number of carbonyl (C=O) groups excluding carboxylic acids is 1. The molecule has 1 saturated heterocycles. The SMILES string of the molecule is CS(=O)(=O)C1CSCCN1C(=O)c1c(O)cccc1O. The van der Waals surface area contributed by atoms with E-state index in [1.54, 1.807) is 0 Å². The van der Waals surface area contributed by atoms with Crippen LogP contribution in [0.1, 0.15) is 10.4 Å². The van der Waals surface area contributed by atoms with Crippen molar-refractivity contribution in [2.45, 2.75) is 5.37 Å². The van der Waals surface area contributed by atoms with Crippen LogP contribution in [0.2, 0.25) is 0 Å². The smallest absolute Gasteiger partial charge is 0.262 e. The first-order chi connectivity index (χ1) is 9.32. The lowest BCUT2D eigenvalue weighted by molar-refractivity contribution is 0.0743. The zero-order chi connectivity index (χ0) is 14.9. The van der Waals surface area contributed by atoms with Crippen molar-refractivity contribution < 1.29 is 23.4 Å². The molecule has 0 aliphatic carbocycles. The van der Waals surface area contributed by atoms with Crippen molar-refractivity contribution in [3.63, 3.8) is 0 Å². The Morgan fingerprint density at radius 2 is 1.95 bits per heavy atom. The molecule has 0 saturated carbocycles. The highest BCUT2D eigenvalue weighted by Crippen LogP contribution is 2.30. The molecule has 1 aliphatic rings. The molecule has 1 amide bonds. The molecular weight excluding hydrogens is 302 g/mol. The Bertz CT molecular complexity index is 608. The van der Waals surface area contributed by atoms with Crippen LogP contribution in [0, 0.1) is 0 Å². The average Bonchev–Trinajstić information content (AvgIpc) is 2.37. The minimum atomic E-state index is -3.43. The second-order valence-electron chi connectivity index (χ2n) is 4.53. The summed E-state index contributed by atoms with van der Waals surface area (Å²) < 4.78 is 23.5. The van der Waals surface area contributed by atoms with Crippen molar-refractivity contribution in [2.24, 2.45) is 0 Å². The number of benzene rings is 1. The van der Waals surface area contributed by atoms with E-state index in [4.69, 9.17) is 0 Å². The van der Waals surface area contributed by atoms with Crippen LogP contribution in [0.3, 0.4) is 0 Å². The predicted molar refractivity (Wildman–Crippen MR) is 76.8 cm³/mol. The fourth-order valence-corrected chi connectivity index (χ4v) is 4.87. The normalized spacial score (nSPS) is 19.9. The molecule has 8 heteroatoms. The minimum Gasteiger partial charge on any atom is -0.507 e. The zero-order valence-electron chi connectivity index (χ0n) is 10.8. The van der Waals surface area contributed by atoms with Crippen LogP contribution in [0.25, 0.3) is 0 Å². The molecule has 1 heterocycles. The summed E-state index contributed by atoms with van der Waals surface area (Å²) in [5.74, 6) is -0.484. The number of nitrogens with zero attached hydrogens (tertiary/aromatic N) is 1. The van der Waals surface area contributed by atoms with E-state index in [1.807, 2.05) is 0 Å². The van der Waals surface area contributed by atoms with Crippen molar-refractivity contribution in [1.29, 1.82) is 0 Å². The van der Waals surface area contributed by atoms with E-state index in [-0.39, 0.29) is 23.6 Å². The van der Waals surface area contributed by atoms with E-state index in [0.29, 0.717) is 11.5 Å². The molecule has 110 valence electrons. The first-order valence-electron chi connectivity index (χ1n) is 5.91. The van der Waals surface area contributed by atoms with E-state index in [1.165, 1.54) is 34.9 Å². The molecule has 1 aliphatic heterocycles. The van der Waals surface area contributed by atoms with Crippen LogP contribution in [0.15, 0.2) is 18.2 Å². The highest BCUT2D eigenvalue weighted by Gasteiger charge is 2.36. The number of amides is 1. The van der Waals surface area contributed by atoms with Gasteiger partial charge in [0.1, 0.15) is 22.4 Å². The number of hydrogen-bond donors (Lipinski definition) is 2. The molecule has 1 fully saturated rings. The van der Waals surface area contributed by atoms with Crippen molar-refractivity contribution in [3.05, 3.63) is 23.8 Å². The summed E-state index contributed by atoms with van der Waals surface area (Å²) in [5, 5.41) is 18.5. The fourth-order valence-electron chi connectivity index (χ4n) is 2.06. The molecule has 1 aromatic carbocycles. The van der Waals surface area contributed by atoms with Crippen LogP contribution in [-0.2, 0) is 9.84 Å². The van der Waals surface area contributed by atoms with E-state index >= 15 is 0 Å². The van der Waals surface area contributed by atoms with E-state index in [9.17, 15) is 23.4 Å². The van der Waals surface area contributed by atoms with Gasteiger partial charge in [-0.25, -0.2) is 8.42 Å². The second kappa shape index (κ2) is 5.53. The summed E-state index contributed by atoms with van der Waals surface area (Å²) in [4.78, 5) is 13.6. The molecule has 2 rings (SSSR count). The van der Waals surface area contributed by atoms with Gasteiger partial charge in [-0.3, -0.25) is 4.79 Å². The maximum atomic E-state index is 12.4. The molecule has 2 N–H and O–H groups in total. The predicted octanol–water partition coefficient (Wildman–Crippen LogP) is 0.658. The number of phenols is 2. The highest BCUT2D eigenvalue weighted by atomic mass is 32.2. The summed E-state index contributed by atoms with van der Waals surface area (Å²) in [6.07, 6.45) is 1.08. The van der Waals surface area contributed by atoms with Gasteiger partial charge in [-0.1, -0.05) is 6.07 Å². The van der Waals surface area contributed by atoms with Crippen LogP contribution in [0.4, 0.5) is 0 Å². The van der Waals surface area contributed by atoms with Gasteiger partial charge in [0.15, 0.2) is 9.84 Å². The van der Waals surface area contributed by atoms with Crippen molar-refractivity contribution >= 4 is 27.5 Å². The van der Waals surface area contributed by atoms with E-state index < -0.39 is 21.1 Å². The lowest BCUT2D eigenvalue weighted by atomic mass is 10.1. The highest BCUT2D eigenvalue weighted by molar-refractivity contribution is 8.00. The van der Waals surface area contributed by atoms with Crippen molar-refractivity contribution in [1.82, 2.24) is 4.90 Å². The maximum Gasteiger partial charge on any atom is 0.262 e. The standard InChI is InChI=1S/C12H15NO5S2/c1-20(17,18)10-7-19-6-5-13(10)12(16)11-8(14)3-2-4-9(11)15/h2-4,10,14-15H,5-7H2,1H3. The monoisotopic (exact) mass is 317 g/mol. The van der Waals surface area contributed by atoms with Gasteiger partial charge in [0.05, 0.1) is 0 Å². The van der Waals surface area contributed by atoms with Gasteiger partial charge in [-0.2, -0.15) is 11.8 Å². The number of sulfone groups is 1. The van der Waals surface area contributed by atoms with Crippen molar-refractivity contribution in [2.75, 3.05) is 24.3 Å². The first-order valence-corrected chi connectivity index (χ1v) is 9.02. The second-order valence-corrected chi connectivity index (χ2v) is 7.88. The molecule has 0 radical (unpaired) electrons. The molecular formula is C12H15NO5S2. The van der Waals surface area contributed by atoms with E-state index in [2.05, 4.69) is 0 Å². The number of carbonyl (C=O) groups is 1. The number of rotatable bonds is 2. The largest absolute Gasteiger partial charge is 0.507 e. The molecule has 20 heavy (non-hydrogen) atoms. The van der Waals surface area contributed by atoms with Gasteiger partial charge in [0.2, 0.25) is 0 Å². The summed E-state index contributed by atoms with van der Waals surface area (Å²) in [6, 6.07) is 3.96. The summed E-state index contributed by atoms with van der Waals surface area (Å²) in [6.45, 7) is 0.259. The van der Waals surface area contributed by atoms with Gasteiger partial charge in [-0.15, -0.1) is 0 Å². The van der Waals surface area contributed by atoms with Crippen LogP contribution in [0.5, 0.6) is 11.5 Å². The van der Waals surface area contributed by atoms with Crippen LogP contribution in [-0.4, -0.2) is 59.1 Å². The molecule has 6 nitrogen and oxygen atoms in total. The molecule has 0 aromatic heterocycles. The molecule has 0 bridgehead atoms. The third kappa shape index (κ3) is 2.85.